The SMILES string of the molecule is CC[C@H](C)[C@@H](C(=O)N[C@@H](Cc1ccccc1)[C@@H](O)CN(Cc1ccc2ccccc2c1)NC(=O)[C@@H](NC(=O)OC)C(C)(C)C)N1CCN(Cc2cccc(C)n2)C1=O. The Labute approximate surface area is 342 Å². The van der Waals surface area contributed by atoms with Crippen molar-refractivity contribution in [2.75, 3.05) is 26.7 Å². The summed E-state index contributed by atoms with van der Waals surface area (Å²) in [5.41, 5.74) is 5.68. The highest BCUT2D eigenvalue weighted by Gasteiger charge is 2.41. The molecule has 5 atom stereocenters. The number of carbonyl (C=O) groups excluding carboxylic acids is 4. The summed E-state index contributed by atoms with van der Waals surface area (Å²) < 4.78 is 4.83. The van der Waals surface area contributed by atoms with Crippen LogP contribution in [0.5, 0.6) is 0 Å². The van der Waals surface area contributed by atoms with Crippen molar-refractivity contribution < 1.29 is 29.0 Å². The second-order valence-corrected chi connectivity index (χ2v) is 16.3. The van der Waals surface area contributed by atoms with Gasteiger partial charge in [0.05, 0.1) is 31.5 Å². The van der Waals surface area contributed by atoms with Crippen LogP contribution >= 0.6 is 0 Å². The van der Waals surface area contributed by atoms with Crippen LogP contribution in [0.4, 0.5) is 9.59 Å². The first-order chi connectivity index (χ1) is 27.7. The van der Waals surface area contributed by atoms with Gasteiger partial charge in [0.15, 0.2) is 0 Å². The highest BCUT2D eigenvalue weighted by molar-refractivity contribution is 5.89. The molecule has 0 aliphatic carbocycles. The van der Waals surface area contributed by atoms with Gasteiger partial charge in [-0.15, -0.1) is 0 Å². The lowest BCUT2D eigenvalue weighted by Gasteiger charge is -2.36. The number of urea groups is 1. The average Bonchev–Trinajstić information content (AvgIpc) is 3.54. The molecule has 310 valence electrons. The Hall–Kier alpha value is -5.53. The molecular weight excluding hydrogens is 735 g/mol. The Morgan fingerprint density at radius 2 is 1.60 bits per heavy atom. The highest BCUT2D eigenvalue weighted by Crippen LogP contribution is 2.24. The van der Waals surface area contributed by atoms with Crippen molar-refractivity contribution >= 4 is 34.7 Å². The standard InChI is InChI=1S/C45H59N7O6/c1-8-30(2)39(52-24-23-50(44(52)57)28-36-20-14-15-31(3)46-36)41(54)47-37(26-32-16-10-9-11-17-32)38(53)29-51(27-33-21-22-34-18-12-13-19-35(34)25-33)49-42(55)40(45(4,5)6)48-43(56)58-7/h9-22,25,30,37-40,53H,8,23-24,26-29H2,1-7H3,(H,47,54)(H,48,56)(H,49,55)/t30-,37-,38-,39-,40+/m0/s1. The molecule has 5 rings (SSSR count). The van der Waals surface area contributed by atoms with Crippen LogP contribution in [0.1, 0.15) is 63.6 Å². The summed E-state index contributed by atoms with van der Waals surface area (Å²) >= 11 is 0. The van der Waals surface area contributed by atoms with Crippen molar-refractivity contribution in [2.24, 2.45) is 11.3 Å². The molecular formula is C45H59N7O6. The molecule has 1 aromatic heterocycles. The first-order valence-corrected chi connectivity index (χ1v) is 20.0. The third kappa shape index (κ3) is 11.5. The molecule has 4 aromatic rings. The number of aryl methyl sites for hydroxylation is 1. The van der Waals surface area contributed by atoms with E-state index in [2.05, 4.69) is 21.0 Å². The number of benzene rings is 3. The normalized spacial score (nSPS) is 15.8. The van der Waals surface area contributed by atoms with Gasteiger partial charge in [0.2, 0.25) is 5.91 Å². The van der Waals surface area contributed by atoms with Gasteiger partial charge in [-0.25, -0.2) is 14.6 Å². The van der Waals surface area contributed by atoms with Crippen molar-refractivity contribution in [3.63, 3.8) is 0 Å². The fourth-order valence-electron chi connectivity index (χ4n) is 7.37. The fraction of sp³-hybridized carbons (Fsp3) is 0.444. The summed E-state index contributed by atoms with van der Waals surface area (Å²) in [7, 11) is 1.24. The topological polar surface area (TPSA) is 156 Å². The van der Waals surface area contributed by atoms with Gasteiger partial charge in [0.25, 0.3) is 5.91 Å². The Balaban J connectivity index is 1.42. The van der Waals surface area contributed by atoms with Crippen LogP contribution < -0.4 is 16.1 Å². The third-order valence-electron chi connectivity index (χ3n) is 10.7. The average molecular weight is 794 g/mol. The van der Waals surface area contributed by atoms with Crippen LogP contribution in [0.2, 0.25) is 0 Å². The van der Waals surface area contributed by atoms with E-state index in [0.29, 0.717) is 26.1 Å². The quantitative estimate of drug-likeness (QED) is 0.101. The molecule has 1 aliphatic rings. The number of aliphatic hydroxyl groups is 1. The number of nitrogens with zero attached hydrogens (tertiary/aromatic N) is 4. The number of pyridine rings is 1. The van der Waals surface area contributed by atoms with Crippen LogP contribution in [0.3, 0.4) is 0 Å². The summed E-state index contributed by atoms with van der Waals surface area (Å²) in [5, 5.41) is 21.7. The third-order valence-corrected chi connectivity index (χ3v) is 10.7. The van der Waals surface area contributed by atoms with Crippen molar-refractivity contribution in [1.82, 2.24) is 35.9 Å². The minimum atomic E-state index is -1.19. The number of carbonyl (C=O) groups is 4. The molecule has 5 amide bonds. The molecule has 13 nitrogen and oxygen atoms in total. The van der Waals surface area contributed by atoms with E-state index in [0.717, 1.165) is 33.3 Å². The molecule has 58 heavy (non-hydrogen) atoms. The van der Waals surface area contributed by atoms with Crippen molar-refractivity contribution in [3.05, 3.63) is 114 Å². The predicted molar refractivity (Wildman–Crippen MR) is 224 cm³/mol. The smallest absolute Gasteiger partial charge is 0.407 e. The lowest BCUT2D eigenvalue weighted by molar-refractivity contribution is -0.132. The van der Waals surface area contributed by atoms with Gasteiger partial charge in [0.1, 0.15) is 12.1 Å². The number of hydrazine groups is 1. The molecule has 0 saturated carbocycles. The Bertz CT molecular complexity index is 2020. The number of aliphatic hydroxyl groups excluding tert-OH is 1. The molecule has 0 unspecified atom stereocenters. The fourth-order valence-corrected chi connectivity index (χ4v) is 7.37. The van der Waals surface area contributed by atoms with Gasteiger partial charge >= 0.3 is 12.1 Å². The first kappa shape index (κ1) is 43.6. The number of ether oxygens (including phenoxy) is 1. The Kier molecular flexibility index (Phi) is 14.8. The van der Waals surface area contributed by atoms with Crippen LogP contribution in [0.15, 0.2) is 91.0 Å². The van der Waals surface area contributed by atoms with Gasteiger partial charge in [-0.2, -0.15) is 0 Å². The second-order valence-electron chi connectivity index (χ2n) is 16.3. The van der Waals surface area contributed by atoms with E-state index in [-0.39, 0.29) is 37.4 Å². The van der Waals surface area contributed by atoms with Gasteiger partial charge in [-0.05, 0) is 64.8 Å². The molecule has 1 aliphatic heterocycles. The minimum Gasteiger partial charge on any atom is -0.453 e. The minimum absolute atomic E-state index is 0.0840. The number of fused-ring (bicyclic) bond motifs is 1. The van der Waals surface area contributed by atoms with E-state index < -0.39 is 41.6 Å². The van der Waals surface area contributed by atoms with Crippen LogP contribution in [0.25, 0.3) is 10.8 Å². The van der Waals surface area contributed by atoms with Crippen molar-refractivity contribution in [1.29, 1.82) is 0 Å². The Morgan fingerprint density at radius 3 is 2.28 bits per heavy atom. The van der Waals surface area contributed by atoms with Crippen LogP contribution in [-0.4, -0.2) is 99.8 Å². The summed E-state index contributed by atoms with van der Waals surface area (Å²) in [5.74, 6) is -1.04. The van der Waals surface area contributed by atoms with Crippen LogP contribution in [0, 0.1) is 18.3 Å². The van der Waals surface area contributed by atoms with Gasteiger partial charge in [-0.1, -0.05) is 114 Å². The van der Waals surface area contributed by atoms with E-state index >= 15 is 0 Å². The van der Waals surface area contributed by atoms with E-state index in [1.807, 2.05) is 133 Å². The zero-order chi connectivity index (χ0) is 42.0. The molecule has 0 spiro atoms. The molecule has 13 heteroatoms. The lowest BCUT2D eigenvalue weighted by atomic mass is 9.86. The molecule has 2 heterocycles. The summed E-state index contributed by atoms with van der Waals surface area (Å²) in [6.45, 7) is 12.6. The summed E-state index contributed by atoms with van der Waals surface area (Å²) in [6.07, 6.45) is -1.01. The zero-order valence-electron chi connectivity index (χ0n) is 34.8. The number of methoxy groups -OCH3 is 1. The molecule has 1 fully saturated rings. The van der Waals surface area contributed by atoms with E-state index in [1.165, 1.54) is 7.11 Å². The van der Waals surface area contributed by atoms with E-state index in [1.54, 1.807) is 14.8 Å². The van der Waals surface area contributed by atoms with E-state index in [9.17, 15) is 24.3 Å². The summed E-state index contributed by atoms with van der Waals surface area (Å²) in [6, 6.07) is 26.4. The maximum Gasteiger partial charge on any atom is 0.407 e. The van der Waals surface area contributed by atoms with E-state index in [4.69, 9.17) is 4.74 Å². The van der Waals surface area contributed by atoms with Crippen molar-refractivity contribution in [3.8, 4) is 0 Å². The molecule has 0 radical (unpaired) electrons. The first-order valence-electron chi connectivity index (χ1n) is 20.0. The number of hydrogen-bond donors (Lipinski definition) is 4. The van der Waals surface area contributed by atoms with Gasteiger partial charge < -0.3 is 30.3 Å². The molecule has 4 N–H and O–H groups in total. The predicted octanol–water partition coefficient (Wildman–Crippen LogP) is 5.59. The maximum absolute atomic E-state index is 14.5. The Morgan fingerprint density at radius 1 is 0.897 bits per heavy atom. The van der Waals surface area contributed by atoms with Gasteiger partial charge in [0, 0.05) is 31.9 Å². The number of amides is 5. The number of nitrogens with one attached hydrogen (secondary N) is 3. The molecule has 1 saturated heterocycles. The highest BCUT2D eigenvalue weighted by atomic mass is 16.5. The van der Waals surface area contributed by atoms with Crippen molar-refractivity contribution in [2.45, 2.75) is 91.7 Å². The number of alkyl carbamates (subject to hydrolysis) is 1. The number of rotatable bonds is 17. The second kappa shape index (κ2) is 19.8. The van der Waals surface area contributed by atoms with Gasteiger partial charge in [-0.3, -0.25) is 20.0 Å². The van der Waals surface area contributed by atoms with Crippen LogP contribution in [-0.2, 0) is 33.8 Å². The largest absolute Gasteiger partial charge is 0.453 e. The number of aromatic nitrogens is 1. The molecule has 0 bridgehead atoms. The zero-order valence-corrected chi connectivity index (χ0v) is 34.8. The maximum atomic E-state index is 14.5. The summed E-state index contributed by atoms with van der Waals surface area (Å²) in [4.78, 5) is 62.7. The molecule has 3 aromatic carbocycles. The lowest BCUT2D eigenvalue weighted by Crippen LogP contribution is -2.60. The monoisotopic (exact) mass is 793 g/mol. The number of hydrogen-bond acceptors (Lipinski definition) is 8.